The summed E-state index contributed by atoms with van der Waals surface area (Å²) in [7, 11) is 1.87. The van der Waals surface area contributed by atoms with Crippen molar-refractivity contribution >= 4 is 17.4 Å². The molecule has 1 fully saturated rings. The van der Waals surface area contributed by atoms with Crippen molar-refractivity contribution in [3.8, 4) is 0 Å². The van der Waals surface area contributed by atoms with E-state index in [0.717, 1.165) is 23.6 Å². The Morgan fingerprint density at radius 3 is 2.56 bits per heavy atom. The van der Waals surface area contributed by atoms with Gasteiger partial charge in [0.25, 0.3) is 0 Å². The van der Waals surface area contributed by atoms with E-state index in [2.05, 4.69) is 11.2 Å². The molecular formula is C14H16ClN3. The van der Waals surface area contributed by atoms with Crippen LogP contribution in [0.5, 0.6) is 0 Å². The number of hydrogen-bond donors (Lipinski definition) is 1. The molecular weight excluding hydrogens is 246 g/mol. The first-order chi connectivity index (χ1) is 8.63. The molecule has 0 radical (unpaired) electrons. The van der Waals surface area contributed by atoms with Crippen molar-refractivity contribution in [3.63, 3.8) is 0 Å². The van der Waals surface area contributed by atoms with E-state index >= 15 is 0 Å². The van der Waals surface area contributed by atoms with Crippen molar-refractivity contribution in [2.75, 3.05) is 5.73 Å². The second-order valence-electron chi connectivity index (χ2n) is 4.99. The van der Waals surface area contributed by atoms with Gasteiger partial charge >= 0.3 is 0 Å². The summed E-state index contributed by atoms with van der Waals surface area (Å²) in [6.45, 7) is 0. The number of aryl methyl sites for hydroxylation is 1. The van der Waals surface area contributed by atoms with Crippen LogP contribution in [-0.4, -0.2) is 9.78 Å². The Bertz CT molecular complexity index is 565. The first kappa shape index (κ1) is 11.6. The van der Waals surface area contributed by atoms with E-state index in [1.54, 1.807) is 4.68 Å². The largest absolute Gasteiger partial charge is 0.384 e. The van der Waals surface area contributed by atoms with Crippen LogP contribution in [0.4, 0.5) is 5.82 Å². The molecule has 2 aromatic rings. The summed E-state index contributed by atoms with van der Waals surface area (Å²) < 4.78 is 1.73. The van der Waals surface area contributed by atoms with E-state index in [9.17, 15) is 0 Å². The molecule has 3 rings (SSSR count). The van der Waals surface area contributed by atoms with Gasteiger partial charge in [0.05, 0.1) is 5.69 Å². The summed E-state index contributed by atoms with van der Waals surface area (Å²) in [6.07, 6.45) is 3.39. The zero-order valence-electron chi connectivity index (χ0n) is 10.4. The van der Waals surface area contributed by atoms with Crippen LogP contribution < -0.4 is 5.73 Å². The Kier molecular flexibility index (Phi) is 2.59. The van der Waals surface area contributed by atoms with Gasteiger partial charge in [0.1, 0.15) is 5.82 Å². The van der Waals surface area contributed by atoms with Gasteiger partial charge in [-0.1, -0.05) is 36.2 Å². The molecule has 0 atom stereocenters. The number of benzene rings is 1. The van der Waals surface area contributed by atoms with Gasteiger partial charge in [-0.3, -0.25) is 4.68 Å². The Morgan fingerprint density at radius 1 is 1.33 bits per heavy atom. The van der Waals surface area contributed by atoms with Crippen LogP contribution in [0.15, 0.2) is 30.3 Å². The number of halogens is 1. The van der Waals surface area contributed by atoms with E-state index in [1.807, 2.05) is 31.3 Å². The number of nitrogens with two attached hydrogens (primary N) is 1. The highest BCUT2D eigenvalue weighted by Gasteiger charge is 2.43. The highest BCUT2D eigenvalue weighted by atomic mass is 35.5. The van der Waals surface area contributed by atoms with Gasteiger partial charge in [-0.05, 0) is 24.5 Å². The highest BCUT2D eigenvalue weighted by Crippen LogP contribution is 2.50. The van der Waals surface area contributed by atoms with E-state index < -0.39 is 0 Å². The zero-order valence-corrected chi connectivity index (χ0v) is 11.1. The molecule has 0 bridgehead atoms. The van der Waals surface area contributed by atoms with Crippen LogP contribution in [0.3, 0.4) is 0 Å². The van der Waals surface area contributed by atoms with Crippen LogP contribution in [0.25, 0.3) is 0 Å². The van der Waals surface area contributed by atoms with Crippen molar-refractivity contribution in [1.82, 2.24) is 9.78 Å². The van der Waals surface area contributed by atoms with Crippen LogP contribution >= 0.6 is 11.6 Å². The minimum atomic E-state index is -0.0340. The van der Waals surface area contributed by atoms with E-state index in [1.165, 1.54) is 12.0 Å². The number of hydrogen-bond acceptors (Lipinski definition) is 2. The number of nitrogen functional groups attached to an aromatic ring is 1. The summed E-state index contributed by atoms with van der Waals surface area (Å²) in [5, 5.41) is 5.38. The van der Waals surface area contributed by atoms with Gasteiger partial charge in [0, 0.05) is 23.6 Å². The molecule has 0 saturated heterocycles. The van der Waals surface area contributed by atoms with Gasteiger partial charge < -0.3 is 5.73 Å². The van der Waals surface area contributed by atoms with Crippen molar-refractivity contribution < 1.29 is 0 Å². The number of nitrogens with zero attached hydrogens (tertiary/aromatic N) is 2. The van der Waals surface area contributed by atoms with Crippen LogP contribution in [0.1, 0.15) is 30.5 Å². The fourth-order valence-corrected chi connectivity index (χ4v) is 3.08. The lowest BCUT2D eigenvalue weighted by molar-refractivity contribution is 0.292. The zero-order chi connectivity index (χ0) is 12.8. The van der Waals surface area contributed by atoms with Crippen LogP contribution in [0.2, 0.25) is 5.02 Å². The maximum Gasteiger partial charge on any atom is 0.121 e. The van der Waals surface area contributed by atoms with E-state index in [0.29, 0.717) is 5.82 Å². The molecule has 1 heterocycles. The van der Waals surface area contributed by atoms with Crippen molar-refractivity contribution in [2.24, 2.45) is 7.05 Å². The lowest BCUT2D eigenvalue weighted by atomic mass is 9.62. The third-order valence-corrected chi connectivity index (χ3v) is 4.33. The molecule has 1 aliphatic carbocycles. The van der Waals surface area contributed by atoms with Gasteiger partial charge in [0.2, 0.25) is 0 Å². The van der Waals surface area contributed by atoms with E-state index in [-0.39, 0.29) is 5.41 Å². The number of aromatic nitrogens is 2. The van der Waals surface area contributed by atoms with Gasteiger partial charge in [-0.25, -0.2) is 0 Å². The number of rotatable bonds is 2. The predicted molar refractivity (Wildman–Crippen MR) is 73.7 cm³/mol. The molecule has 2 N–H and O–H groups in total. The Hall–Kier alpha value is -1.48. The summed E-state index contributed by atoms with van der Waals surface area (Å²) in [5.41, 5.74) is 8.09. The predicted octanol–water partition coefficient (Wildman–Crippen LogP) is 3.13. The lowest BCUT2D eigenvalue weighted by Crippen LogP contribution is -2.36. The fourth-order valence-electron chi connectivity index (χ4n) is 2.76. The van der Waals surface area contributed by atoms with Crippen LogP contribution in [-0.2, 0) is 12.5 Å². The number of anilines is 1. The third kappa shape index (κ3) is 1.54. The second kappa shape index (κ2) is 4.02. The highest BCUT2D eigenvalue weighted by molar-refractivity contribution is 6.31. The maximum absolute atomic E-state index is 6.35. The SMILES string of the molecule is Cn1nc(C2(c3ccccc3Cl)CCC2)cc1N. The Morgan fingerprint density at radius 2 is 2.06 bits per heavy atom. The molecule has 1 saturated carbocycles. The molecule has 0 aliphatic heterocycles. The lowest BCUT2D eigenvalue weighted by Gasteiger charge is -2.41. The van der Waals surface area contributed by atoms with Gasteiger partial charge in [-0.2, -0.15) is 5.10 Å². The van der Waals surface area contributed by atoms with Gasteiger partial charge in [-0.15, -0.1) is 0 Å². The fraction of sp³-hybridized carbons (Fsp3) is 0.357. The molecule has 1 aromatic carbocycles. The van der Waals surface area contributed by atoms with Crippen molar-refractivity contribution in [1.29, 1.82) is 0 Å². The molecule has 94 valence electrons. The average Bonchev–Trinajstić information content (AvgIpc) is 2.61. The summed E-state index contributed by atoms with van der Waals surface area (Å²) in [4.78, 5) is 0. The average molecular weight is 262 g/mol. The third-order valence-electron chi connectivity index (χ3n) is 4.00. The normalized spacial score (nSPS) is 17.4. The molecule has 0 amide bonds. The van der Waals surface area contributed by atoms with Crippen molar-refractivity contribution in [2.45, 2.75) is 24.7 Å². The molecule has 4 heteroatoms. The molecule has 1 aromatic heterocycles. The summed E-state index contributed by atoms with van der Waals surface area (Å²) >= 11 is 6.35. The quantitative estimate of drug-likeness (QED) is 0.903. The topological polar surface area (TPSA) is 43.8 Å². The standard InChI is InChI=1S/C14H16ClN3/c1-18-13(16)9-12(17-18)14(7-4-8-14)10-5-2-3-6-11(10)15/h2-3,5-6,9H,4,7-8,16H2,1H3. The smallest absolute Gasteiger partial charge is 0.121 e. The Labute approximate surface area is 112 Å². The van der Waals surface area contributed by atoms with Crippen LogP contribution in [0, 0.1) is 0 Å². The minimum absolute atomic E-state index is 0.0340. The summed E-state index contributed by atoms with van der Waals surface area (Å²) in [5.74, 6) is 0.698. The maximum atomic E-state index is 6.35. The van der Waals surface area contributed by atoms with Crippen molar-refractivity contribution in [3.05, 3.63) is 46.6 Å². The first-order valence-electron chi connectivity index (χ1n) is 6.18. The van der Waals surface area contributed by atoms with E-state index in [4.69, 9.17) is 17.3 Å². The monoisotopic (exact) mass is 261 g/mol. The molecule has 0 spiro atoms. The molecule has 18 heavy (non-hydrogen) atoms. The minimum Gasteiger partial charge on any atom is -0.384 e. The molecule has 3 nitrogen and oxygen atoms in total. The summed E-state index contributed by atoms with van der Waals surface area (Å²) in [6, 6.07) is 10.0. The first-order valence-corrected chi connectivity index (χ1v) is 6.56. The van der Waals surface area contributed by atoms with Gasteiger partial charge in [0.15, 0.2) is 0 Å². The molecule has 0 unspecified atom stereocenters. The second-order valence-corrected chi connectivity index (χ2v) is 5.40. The Balaban J connectivity index is 2.13. The molecule has 1 aliphatic rings.